The SMILES string of the molecule is O=C(CN1CCCNCC1)Nc1cc(Cl)ccc1C(=O)O. The van der Waals surface area contributed by atoms with Crippen molar-refractivity contribution in [2.24, 2.45) is 0 Å². The Labute approximate surface area is 128 Å². The van der Waals surface area contributed by atoms with Crippen LogP contribution in [0.3, 0.4) is 0 Å². The molecule has 0 aromatic heterocycles. The monoisotopic (exact) mass is 311 g/mol. The fourth-order valence-corrected chi connectivity index (χ4v) is 2.43. The molecule has 1 amide bonds. The zero-order chi connectivity index (χ0) is 15.2. The Balaban J connectivity index is 2.01. The van der Waals surface area contributed by atoms with Crippen molar-refractivity contribution in [2.45, 2.75) is 6.42 Å². The van der Waals surface area contributed by atoms with Gasteiger partial charge in [-0.2, -0.15) is 0 Å². The third-order valence-corrected chi connectivity index (χ3v) is 3.52. The van der Waals surface area contributed by atoms with Gasteiger partial charge in [-0.05, 0) is 37.7 Å². The van der Waals surface area contributed by atoms with Gasteiger partial charge in [0.05, 0.1) is 17.8 Å². The van der Waals surface area contributed by atoms with Gasteiger partial charge in [-0.1, -0.05) is 11.6 Å². The molecule has 1 aromatic carbocycles. The van der Waals surface area contributed by atoms with Gasteiger partial charge in [0.25, 0.3) is 0 Å². The van der Waals surface area contributed by atoms with Crippen LogP contribution in [0.4, 0.5) is 5.69 Å². The Hall–Kier alpha value is -1.63. The summed E-state index contributed by atoms with van der Waals surface area (Å²) in [4.78, 5) is 25.2. The van der Waals surface area contributed by atoms with E-state index in [0.717, 1.165) is 32.6 Å². The lowest BCUT2D eigenvalue weighted by Gasteiger charge is -2.19. The molecule has 0 atom stereocenters. The number of amides is 1. The van der Waals surface area contributed by atoms with Gasteiger partial charge >= 0.3 is 5.97 Å². The van der Waals surface area contributed by atoms with Gasteiger partial charge in [0.15, 0.2) is 0 Å². The van der Waals surface area contributed by atoms with Crippen LogP contribution in [0.2, 0.25) is 5.02 Å². The highest BCUT2D eigenvalue weighted by Gasteiger charge is 2.16. The van der Waals surface area contributed by atoms with Crippen LogP contribution >= 0.6 is 11.6 Å². The zero-order valence-corrected chi connectivity index (χ0v) is 12.3. The fourth-order valence-electron chi connectivity index (χ4n) is 2.26. The average Bonchev–Trinajstić information content (AvgIpc) is 2.66. The molecule has 0 radical (unpaired) electrons. The van der Waals surface area contributed by atoms with Crippen LogP contribution in [0.15, 0.2) is 18.2 Å². The lowest BCUT2D eigenvalue weighted by molar-refractivity contribution is -0.117. The van der Waals surface area contributed by atoms with E-state index in [9.17, 15) is 9.59 Å². The largest absolute Gasteiger partial charge is 0.478 e. The molecule has 0 bridgehead atoms. The van der Waals surface area contributed by atoms with Gasteiger partial charge < -0.3 is 15.7 Å². The third kappa shape index (κ3) is 4.70. The van der Waals surface area contributed by atoms with E-state index in [1.54, 1.807) is 0 Å². The molecule has 7 heteroatoms. The first kappa shape index (κ1) is 15.8. The van der Waals surface area contributed by atoms with Crippen molar-refractivity contribution in [3.05, 3.63) is 28.8 Å². The number of carboxylic acids is 1. The number of anilines is 1. The molecule has 114 valence electrons. The number of nitrogens with zero attached hydrogens (tertiary/aromatic N) is 1. The lowest BCUT2D eigenvalue weighted by Crippen LogP contribution is -2.35. The number of nitrogens with one attached hydrogen (secondary N) is 2. The maximum atomic E-state index is 12.1. The molecule has 1 heterocycles. The van der Waals surface area contributed by atoms with Crippen molar-refractivity contribution in [3.8, 4) is 0 Å². The lowest BCUT2D eigenvalue weighted by atomic mass is 10.2. The van der Waals surface area contributed by atoms with Crippen molar-refractivity contribution in [1.29, 1.82) is 0 Å². The van der Waals surface area contributed by atoms with E-state index in [4.69, 9.17) is 16.7 Å². The predicted molar refractivity (Wildman–Crippen MR) is 81.0 cm³/mol. The molecule has 1 fully saturated rings. The second-order valence-electron chi connectivity index (χ2n) is 4.92. The van der Waals surface area contributed by atoms with Crippen LogP contribution in [0.25, 0.3) is 0 Å². The number of carbonyl (C=O) groups is 2. The first-order valence-electron chi connectivity index (χ1n) is 6.82. The summed E-state index contributed by atoms with van der Waals surface area (Å²) < 4.78 is 0. The number of carbonyl (C=O) groups excluding carboxylic acids is 1. The Morgan fingerprint density at radius 2 is 2.14 bits per heavy atom. The summed E-state index contributed by atoms with van der Waals surface area (Å²) in [6, 6.07) is 4.32. The van der Waals surface area contributed by atoms with Gasteiger partial charge in [0.2, 0.25) is 5.91 Å². The minimum absolute atomic E-state index is 0.0327. The number of carboxylic acid groups (broad SMARTS) is 1. The molecule has 6 nitrogen and oxygen atoms in total. The minimum Gasteiger partial charge on any atom is -0.478 e. The van der Waals surface area contributed by atoms with Gasteiger partial charge in [-0.25, -0.2) is 4.79 Å². The Bertz CT molecular complexity index is 528. The highest BCUT2D eigenvalue weighted by atomic mass is 35.5. The quantitative estimate of drug-likeness (QED) is 0.780. The third-order valence-electron chi connectivity index (χ3n) is 3.29. The van der Waals surface area contributed by atoms with Crippen LogP contribution in [0.5, 0.6) is 0 Å². The van der Waals surface area contributed by atoms with E-state index < -0.39 is 5.97 Å². The summed E-state index contributed by atoms with van der Waals surface area (Å²) in [6.07, 6.45) is 0.991. The highest BCUT2D eigenvalue weighted by Crippen LogP contribution is 2.21. The normalized spacial score (nSPS) is 16.2. The molecule has 0 saturated carbocycles. The molecule has 21 heavy (non-hydrogen) atoms. The molecule has 3 N–H and O–H groups in total. The van der Waals surface area contributed by atoms with E-state index in [0.29, 0.717) is 5.02 Å². The van der Waals surface area contributed by atoms with Gasteiger partial charge in [0, 0.05) is 18.1 Å². The number of halogens is 1. The summed E-state index contributed by atoms with van der Waals surface area (Å²) in [5, 5.41) is 15.4. The van der Waals surface area contributed by atoms with E-state index in [1.807, 2.05) is 4.90 Å². The number of benzene rings is 1. The van der Waals surface area contributed by atoms with E-state index in [2.05, 4.69) is 10.6 Å². The summed E-state index contributed by atoms with van der Waals surface area (Å²) in [6.45, 7) is 3.70. The smallest absolute Gasteiger partial charge is 0.337 e. The molecule has 0 aliphatic carbocycles. The van der Waals surface area contributed by atoms with Crippen LogP contribution in [0.1, 0.15) is 16.8 Å². The Morgan fingerprint density at radius 1 is 1.33 bits per heavy atom. The van der Waals surface area contributed by atoms with Crippen LogP contribution in [0, 0.1) is 0 Å². The molecule has 1 saturated heterocycles. The number of rotatable bonds is 4. The van der Waals surface area contributed by atoms with E-state index in [-0.39, 0.29) is 23.7 Å². The van der Waals surface area contributed by atoms with Gasteiger partial charge in [0.1, 0.15) is 0 Å². The molecule has 0 spiro atoms. The Morgan fingerprint density at radius 3 is 2.90 bits per heavy atom. The molecule has 2 rings (SSSR count). The van der Waals surface area contributed by atoms with Crippen molar-refractivity contribution >= 4 is 29.2 Å². The predicted octanol–water partition coefficient (Wildman–Crippen LogP) is 1.27. The first-order chi connectivity index (χ1) is 10.1. The maximum absolute atomic E-state index is 12.1. The first-order valence-corrected chi connectivity index (χ1v) is 7.20. The number of hydrogen-bond donors (Lipinski definition) is 3. The van der Waals surface area contributed by atoms with Crippen molar-refractivity contribution < 1.29 is 14.7 Å². The van der Waals surface area contributed by atoms with Gasteiger partial charge in [-0.3, -0.25) is 9.69 Å². The standard InChI is InChI=1S/C14H18ClN3O3/c15-10-2-3-11(14(20)21)12(8-10)17-13(19)9-18-6-1-4-16-5-7-18/h2-3,8,16H,1,4-7,9H2,(H,17,19)(H,20,21). The summed E-state index contributed by atoms with van der Waals surface area (Å²) >= 11 is 5.86. The molecule has 1 aromatic rings. The topological polar surface area (TPSA) is 81.7 Å². The van der Waals surface area contributed by atoms with Crippen molar-refractivity contribution in [1.82, 2.24) is 10.2 Å². The van der Waals surface area contributed by atoms with Crippen LogP contribution < -0.4 is 10.6 Å². The molecular formula is C14H18ClN3O3. The second kappa shape index (κ2) is 7.40. The van der Waals surface area contributed by atoms with Crippen LogP contribution in [-0.4, -0.2) is 54.6 Å². The molecular weight excluding hydrogens is 294 g/mol. The molecule has 1 aliphatic rings. The average molecular weight is 312 g/mol. The maximum Gasteiger partial charge on any atom is 0.337 e. The number of hydrogen-bond acceptors (Lipinski definition) is 4. The van der Waals surface area contributed by atoms with E-state index in [1.165, 1.54) is 18.2 Å². The zero-order valence-electron chi connectivity index (χ0n) is 11.6. The van der Waals surface area contributed by atoms with Crippen LogP contribution in [-0.2, 0) is 4.79 Å². The van der Waals surface area contributed by atoms with Crippen molar-refractivity contribution in [2.75, 3.05) is 38.0 Å². The van der Waals surface area contributed by atoms with Gasteiger partial charge in [-0.15, -0.1) is 0 Å². The summed E-state index contributed by atoms with van der Waals surface area (Å²) in [5.74, 6) is -1.33. The second-order valence-corrected chi connectivity index (χ2v) is 5.36. The Kier molecular flexibility index (Phi) is 5.55. The highest BCUT2D eigenvalue weighted by molar-refractivity contribution is 6.31. The molecule has 1 aliphatic heterocycles. The number of aromatic carboxylic acids is 1. The summed E-state index contributed by atoms with van der Waals surface area (Å²) in [7, 11) is 0. The molecule has 0 unspecified atom stereocenters. The van der Waals surface area contributed by atoms with E-state index >= 15 is 0 Å². The minimum atomic E-state index is -1.10. The van der Waals surface area contributed by atoms with Crippen molar-refractivity contribution in [3.63, 3.8) is 0 Å². The fraction of sp³-hybridized carbons (Fsp3) is 0.429. The summed E-state index contributed by atoms with van der Waals surface area (Å²) in [5.41, 5.74) is 0.262.